The summed E-state index contributed by atoms with van der Waals surface area (Å²) in [4.78, 5) is 11.2. The lowest BCUT2D eigenvalue weighted by atomic mass is 10.1. The van der Waals surface area contributed by atoms with Gasteiger partial charge in [0.1, 0.15) is 0 Å². The summed E-state index contributed by atoms with van der Waals surface area (Å²) in [5.41, 5.74) is 0. The lowest BCUT2D eigenvalue weighted by Crippen LogP contribution is -2.58. The van der Waals surface area contributed by atoms with Gasteiger partial charge in [-0.05, 0) is 77.3 Å². The van der Waals surface area contributed by atoms with Gasteiger partial charge in [-0.25, -0.2) is 0 Å². The predicted molar refractivity (Wildman–Crippen MR) is 136 cm³/mol. The van der Waals surface area contributed by atoms with Crippen LogP contribution in [0.5, 0.6) is 0 Å². The standard InChI is InChI=1S/C20H48O7Si4/c1-19(20(21)22)13-11-17-30(9,25-28(3,4)5)27-31(10,26-29(6,7)8)18-12-14-24-16-15-23-2/h19H,11-18H2,1-10H3,(H,21,22). The van der Waals surface area contributed by atoms with Crippen LogP contribution in [0, 0.1) is 5.92 Å². The summed E-state index contributed by atoms with van der Waals surface area (Å²) in [7, 11) is -7.02. The number of carboxylic acid groups (broad SMARTS) is 1. The van der Waals surface area contributed by atoms with Gasteiger partial charge in [-0.1, -0.05) is 13.3 Å². The molecule has 3 unspecified atom stereocenters. The Labute approximate surface area is 194 Å². The zero-order valence-electron chi connectivity index (χ0n) is 21.6. The van der Waals surface area contributed by atoms with E-state index in [0.717, 1.165) is 24.9 Å². The first kappa shape index (κ1) is 31.1. The molecule has 31 heavy (non-hydrogen) atoms. The number of methoxy groups -OCH3 is 1. The molecule has 0 aliphatic heterocycles. The van der Waals surface area contributed by atoms with Gasteiger partial charge in [-0.15, -0.1) is 0 Å². The van der Waals surface area contributed by atoms with Crippen LogP contribution in [0.3, 0.4) is 0 Å². The molecule has 11 heteroatoms. The van der Waals surface area contributed by atoms with Gasteiger partial charge in [0.2, 0.25) is 0 Å². The van der Waals surface area contributed by atoms with E-state index in [0.29, 0.717) is 26.2 Å². The molecule has 186 valence electrons. The molecule has 0 aliphatic carbocycles. The van der Waals surface area contributed by atoms with Gasteiger partial charge in [0.05, 0.1) is 19.1 Å². The largest absolute Gasteiger partial charge is 0.481 e. The molecule has 0 spiro atoms. The average Bonchev–Trinajstić information content (AvgIpc) is 2.53. The molecule has 0 aromatic carbocycles. The van der Waals surface area contributed by atoms with E-state index in [1.54, 1.807) is 14.0 Å². The second-order valence-corrected chi connectivity index (χ2v) is 27.1. The van der Waals surface area contributed by atoms with Crippen molar-refractivity contribution < 1.29 is 31.7 Å². The molecule has 0 fully saturated rings. The van der Waals surface area contributed by atoms with Crippen molar-refractivity contribution in [2.75, 3.05) is 26.9 Å². The molecule has 0 heterocycles. The van der Waals surface area contributed by atoms with Crippen molar-refractivity contribution in [2.24, 2.45) is 5.92 Å². The minimum Gasteiger partial charge on any atom is -0.481 e. The van der Waals surface area contributed by atoms with E-state index in [1.165, 1.54) is 0 Å². The number of aliphatic carboxylic acids is 1. The molecular formula is C20H48O7Si4. The maximum atomic E-state index is 11.2. The Kier molecular flexibility index (Phi) is 13.8. The molecule has 0 saturated carbocycles. The van der Waals surface area contributed by atoms with Crippen LogP contribution in [0.15, 0.2) is 0 Å². The van der Waals surface area contributed by atoms with E-state index in [4.69, 9.17) is 21.8 Å². The second-order valence-electron chi connectivity index (χ2n) is 10.6. The van der Waals surface area contributed by atoms with Crippen molar-refractivity contribution in [2.45, 2.75) is 90.7 Å². The summed E-state index contributed by atoms with van der Waals surface area (Å²) in [5.74, 6) is -1.10. The van der Waals surface area contributed by atoms with Gasteiger partial charge in [0.25, 0.3) is 0 Å². The Morgan fingerprint density at radius 1 is 0.774 bits per heavy atom. The van der Waals surface area contributed by atoms with Crippen molar-refractivity contribution in [1.29, 1.82) is 0 Å². The maximum Gasteiger partial charge on any atom is 0.315 e. The SMILES string of the molecule is COCCOCCC[Si](C)(O[Si](C)(C)C)O[Si](C)(CCCC(C)C(=O)O)O[Si](C)(C)C. The molecule has 0 amide bonds. The molecule has 0 aliphatic rings. The Morgan fingerprint density at radius 3 is 1.68 bits per heavy atom. The highest BCUT2D eigenvalue weighted by molar-refractivity contribution is 6.89. The number of hydrogen-bond donors (Lipinski definition) is 1. The van der Waals surface area contributed by atoms with Crippen LogP contribution >= 0.6 is 0 Å². The monoisotopic (exact) mass is 512 g/mol. The van der Waals surface area contributed by atoms with Crippen molar-refractivity contribution in [3.05, 3.63) is 0 Å². The number of rotatable bonds is 18. The van der Waals surface area contributed by atoms with Crippen LogP contribution in [0.4, 0.5) is 0 Å². The van der Waals surface area contributed by atoms with Crippen molar-refractivity contribution >= 4 is 39.7 Å². The normalized spacial score (nSPS) is 17.7. The van der Waals surface area contributed by atoms with Crippen LogP contribution in [0.25, 0.3) is 0 Å². The van der Waals surface area contributed by atoms with Gasteiger partial charge >= 0.3 is 23.1 Å². The zero-order valence-corrected chi connectivity index (χ0v) is 25.6. The fourth-order valence-electron chi connectivity index (χ4n) is 3.59. The van der Waals surface area contributed by atoms with E-state index in [-0.39, 0.29) is 5.92 Å². The maximum absolute atomic E-state index is 11.2. The molecule has 0 radical (unpaired) electrons. The lowest BCUT2D eigenvalue weighted by Gasteiger charge is -2.43. The summed E-state index contributed by atoms with van der Waals surface area (Å²) in [6.45, 7) is 21.1. The third-order valence-corrected chi connectivity index (χ3v) is 18.8. The molecule has 0 rings (SSSR count). The molecule has 0 aromatic heterocycles. The third kappa shape index (κ3) is 16.4. The quantitative estimate of drug-likeness (QED) is 0.194. The first-order valence-corrected chi connectivity index (χ1v) is 23.3. The van der Waals surface area contributed by atoms with E-state index in [1.807, 2.05) is 0 Å². The minimum atomic E-state index is -2.54. The van der Waals surface area contributed by atoms with Crippen LogP contribution in [0.1, 0.15) is 26.2 Å². The molecule has 1 N–H and O–H groups in total. The van der Waals surface area contributed by atoms with Crippen molar-refractivity contribution in [1.82, 2.24) is 0 Å². The topological polar surface area (TPSA) is 83.5 Å². The predicted octanol–water partition coefficient (Wildman–Crippen LogP) is 5.40. The number of carbonyl (C=O) groups is 1. The Balaban J connectivity index is 5.32. The lowest BCUT2D eigenvalue weighted by molar-refractivity contribution is -0.141. The highest BCUT2D eigenvalue weighted by Gasteiger charge is 2.46. The molecule has 0 saturated heterocycles. The van der Waals surface area contributed by atoms with Gasteiger partial charge in [-0.3, -0.25) is 4.79 Å². The molecule has 7 nitrogen and oxygen atoms in total. The summed E-state index contributed by atoms with van der Waals surface area (Å²) in [6.07, 6.45) is 2.31. The van der Waals surface area contributed by atoms with Crippen LogP contribution in [0.2, 0.25) is 64.5 Å². The van der Waals surface area contributed by atoms with Crippen molar-refractivity contribution in [3.63, 3.8) is 0 Å². The van der Waals surface area contributed by atoms with Gasteiger partial charge < -0.3 is 26.9 Å². The van der Waals surface area contributed by atoms with Gasteiger partial charge in [-0.2, -0.15) is 0 Å². The fourth-order valence-corrected chi connectivity index (χ4v) is 22.0. The van der Waals surface area contributed by atoms with Crippen LogP contribution in [-0.2, 0) is 26.6 Å². The second kappa shape index (κ2) is 13.7. The van der Waals surface area contributed by atoms with Crippen molar-refractivity contribution in [3.8, 4) is 0 Å². The Bertz CT molecular complexity index is 525. The minimum absolute atomic E-state index is 0.351. The summed E-state index contributed by atoms with van der Waals surface area (Å²) < 4.78 is 31.0. The number of carboxylic acids is 1. The Morgan fingerprint density at radius 2 is 1.26 bits per heavy atom. The Hall–Kier alpha value is 0.138. The highest BCUT2D eigenvalue weighted by atomic mass is 28.5. The average molecular weight is 513 g/mol. The summed E-state index contributed by atoms with van der Waals surface area (Å²) in [5, 5.41) is 9.21. The third-order valence-electron chi connectivity index (χ3n) is 4.52. The van der Waals surface area contributed by atoms with Crippen LogP contribution in [-0.4, -0.2) is 71.8 Å². The number of hydrogen-bond acceptors (Lipinski definition) is 6. The summed E-state index contributed by atoms with van der Waals surface area (Å²) in [6, 6.07) is 1.64. The first-order valence-electron chi connectivity index (χ1n) is 11.4. The van der Waals surface area contributed by atoms with Gasteiger partial charge in [0.15, 0.2) is 16.6 Å². The van der Waals surface area contributed by atoms with E-state index in [9.17, 15) is 9.90 Å². The molecule has 0 aromatic rings. The van der Waals surface area contributed by atoms with Gasteiger partial charge in [0, 0.05) is 13.7 Å². The summed E-state index contributed by atoms with van der Waals surface area (Å²) >= 11 is 0. The van der Waals surface area contributed by atoms with E-state index < -0.39 is 39.7 Å². The molecule has 0 bridgehead atoms. The van der Waals surface area contributed by atoms with E-state index in [2.05, 4.69) is 52.4 Å². The fraction of sp³-hybridized carbons (Fsp3) is 0.950. The first-order chi connectivity index (χ1) is 14.0. The van der Waals surface area contributed by atoms with Crippen LogP contribution < -0.4 is 0 Å². The molecular weight excluding hydrogens is 465 g/mol. The molecule has 3 atom stereocenters. The highest BCUT2D eigenvalue weighted by Crippen LogP contribution is 2.31. The smallest absolute Gasteiger partial charge is 0.315 e. The number of ether oxygens (including phenoxy) is 2. The zero-order chi connectivity index (χ0) is 24.3. The van der Waals surface area contributed by atoms with E-state index >= 15 is 0 Å².